The summed E-state index contributed by atoms with van der Waals surface area (Å²) >= 11 is 1.95. The van der Waals surface area contributed by atoms with Crippen molar-refractivity contribution in [3.8, 4) is 0 Å². The number of hydrogen-bond acceptors (Lipinski definition) is 2. The van der Waals surface area contributed by atoms with Crippen LogP contribution in [0.3, 0.4) is 0 Å². The number of hydrogen-bond donors (Lipinski definition) is 1. The van der Waals surface area contributed by atoms with Gasteiger partial charge in [0.15, 0.2) is 0 Å². The fourth-order valence-electron chi connectivity index (χ4n) is 2.74. The molecule has 2 heteroatoms. The maximum Gasteiger partial charge on any atom is 0.00470 e. The highest BCUT2D eigenvalue weighted by molar-refractivity contribution is 7.98. The molecule has 0 aliphatic rings. The van der Waals surface area contributed by atoms with Crippen molar-refractivity contribution in [3.63, 3.8) is 0 Å². The number of rotatable bonds is 10. The Morgan fingerprint density at radius 1 is 1.10 bits per heavy atom. The summed E-state index contributed by atoms with van der Waals surface area (Å²) in [5.74, 6) is 1.30. The van der Waals surface area contributed by atoms with E-state index >= 15 is 0 Å². The van der Waals surface area contributed by atoms with Crippen LogP contribution >= 0.6 is 11.8 Å². The van der Waals surface area contributed by atoms with Crippen molar-refractivity contribution in [2.45, 2.75) is 57.9 Å². The van der Waals surface area contributed by atoms with E-state index in [0.29, 0.717) is 6.04 Å². The minimum atomic E-state index is 0.243. The minimum Gasteiger partial charge on any atom is -0.314 e. The molecule has 0 bridgehead atoms. The van der Waals surface area contributed by atoms with Gasteiger partial charge in [0.2, 0.25) is 0 Å². The van der Waals surface area contributed by atoms with Gasteiger partial charge in [-0.25, -0.2) is 0 Å². The third kappa shape index (κ3) is 6.81. The molecule has 1 nitrogen and oxygen atoms in total. The topological polar surface area (TPSA) is 12.0 Å². The van der Waals surface area contributed by atoms with Gasteiger partial charge in [-0.1, -0.05) is 50.6 Å². The van der Waals surface area contributed by atoms with Crippen molar-refractivity contribution in [2.75, 3.05) is 18.6 Å². The fraction of sp³-hybridized carbons (Fsp3) is 0.667. The van der Waals surface area contributed by atoms with Gasteiger partial charge in [-0.2, -0.15) is 11.8 Å². The smallest absolute Gasteiger partial charge is 0.00470 e. The second-order valence-electron chi connectivity index (χ2n) is 6.36. The average Bonchev–Trinajstić information content (AvgIpc) is 2.43. The van der Waals surface area contributed by atoms with Crippen molar-refractivity contribution in [1.82, 2.24) is 5.32 Å². The van der Waals surface area contributed by atoms with Crippen LogP contribution in [-0.4, -0.2) is 24.6 Å². The van der Waals surface area contributed by atoms with Gasteiger partial charge in [-0.05, 0) is 55.7 Å². The maximum atomic E-state index is 3.68. The van der Waals surface area contributed by atoms with Crippen LogP contribution in [0.1, 0.15) is 52.0 Å². The molecular formula is C18H31NS. The molecule has 1 unspecified atom stereocenters. The molecule has 0 radical (unpaired) electrons. The number of nitrogens with one attached hydrogen (secondary N) is 1. The molecule has 0 saturated heterocycles. The molecule has 114 valence electrons. The van der Waals surface area contributed by atoms with E-state index in [4.69, 9.17) is 0 Å². The largest absolute Gasteiger partial charge is 0.314 e. The van der Waals surface area contributed by atoms with Crippen LogP contribution in [0.4, 0.5) is 0 Å². The highest BCUT2D eigenvalue weighted by Crippen LogP contribution is 2.28. The van der Waals surface area contributed by atoms with Gasteiger partial charge in [0.25, 0.3) is 0 Å². The van der Waals surface area contributed by atoms with E-state index in [9.17, 15) is 0 Å². The van der Waals surface area contributed by atoms with Crippen molar-refractivity contribution in [3.05, 3.63) is 35.9 Å². The van der Waals surface area contributed by atoms with E-state index < -0.39 is 0 Å². The third-order valence-electron chi connectivity index (χ3n) is 3.89. The molecule has 0 aliphatic heterocycles. The first kappa shape index (κ1) is 17.6. The lowest BCUT2D eigenvalue weighted by Crippen LogP contribution is -2.33. The number of unbranched alkanes of at least 4 members (excludes halogenated alkanes) is 2. The molecule has 0 fully saturated rings. The van der Waals surface area contributed by atoms with Gasteiger partial charge < -0.3 is 5.32 Å². The van der Waals surface area contributed by atoms with Crippen LogP contribution in [0, 0.1) is 0 Å². The summed E-state index contributed by atoms with van der Waals surface area (Å²) in [6, 6.07) is 11.4. The van der Waals surface area contributed by atoms with Gasteiger partial charge in [0.05, 0.1) is 0 Å². The van der Waals surface area contributed by atoms with E-state index in [1.165, 1.54) is 37.0 Å². The zero-order chi connectivity index (χ0) is 14.8. The Bertz CT molecular complexity index is 348. The van der Waals surface area contributed by atoms with Crippen LogP contribution in [0.2, 0.25) is 0 Å². The number of thioether (sulfide) groups is 1. The molecule has 1 N–H and O–H groups in total. The first-order valence-corrected chi connectivity index (χ1v) is 9.23. The third-order valence-corrected chi connectivity index (χ3v) is 4.59. The average molecular weight is 294 g/mol. The van der Waals surface area contributed by atoms with Gasteiger partial charge in [-0.3, -0.25) is 0 Å². The van der Waals surface area contributed by atoms with Crippen LogP contribution < -0.4 is 5.32 Å². The molecular weight excluding hydrogens is 262 g/mol. The summed E-state index contributed by atoms with van der Waals surface area (Å²) in [6.07, 6.45) is 7.37. The minimum absolute atomic E-state index is 0.243. The summed E-state index contributed by atoms with van der Waals surface area (Å²) in [5, 5.41) is 3.68. The maximum absolute atomic E-state index is 3.68. The lowest BCUT2D eigenvalue weighted by atomic mass is 9.79. The fourth-order valence-corrected chi connectivity index (χ4v) is 3.23. The highest BCUT2D eigenvalue weighted by atomic mass is 32.2. The van der Waals surface area contributed by atoms with Crippen LogP contribution in [0.15, 0.2) is 30.3 Å². The Labute approximate surface area is 129 Å². The molecule has 1 rings (SSSR count). The van der Waals surface area contributed by atoms with Gasteiger partial charge in [-0.15, -0.1) is 0 Å². The van der Waals surface area contributed by atoms with Crippen LogP contribution in [-0.2, 0) is 5.41 Å². The zero-order valence-corrected chi connectivity index (χ0v) is 14.4. The Balaban J connectivity index is 2.26. The molecule has 0 heterocycles. The second-order valence-corrected chi connectivity index (χ2v) is 7.35. The highest BCUT2D eigenvalue weighted by Gasteiger charge is 2.22. The van der Waals surface area contributed by atoms with Gasteiger partial charge in [0, 0.05) is 6.04 Å². The molecule has 0 saturated carbocycles. The normalized spacial score (nSPS) is 13.4. The molecule has 20 heavy (non-hydrogen) atoms. The lowest BCUT2D eigenvalue weighted by Gasteiger charge is -2.29. The van der Waals surface area contributed by atoms with Crippen molar-refractivity contribution < 1.29 is 0 Å². The summed E-state index contributed by atoms with van der Waals surface area (Å²) < 4.78 is 0. The first-order valence-electron chi connectivity index (χ1n) is 7.84. The summed E-state index contributed by atoms with van der Waals surface area (Å²) in [6.45, 7) is 8.16. The Morgan fingerprint density at radius 2 is 1.80 bits per heavy atom. The molecule has 1 aromatic rings. The molecule has 0 spiro atoms. The van der Waals surface area contributed by atoms with Gasteiger partial charge >= 0.3 is 0 Å². The first-order chi connectivity index (χ1) is 9.56. The zero-order valence-electron chi connectivity index (χ0n) is 13.6. The van der Waals surface area contributed by atoms with Gasteiger partial charge in [0.1, 0.15) is 0 Å². The Kier molecular flexibility index (Phi) is 8.32. The van der Waals surface area contributed by atoms with E-state index in [0.717, 1.165) is 6.54 Å². The Morgan fingerprint density at radius 3 is 2.45 bits per heavy atom. The molecule has 0 aromatic heterocycles. The standard InChI is InChI=1S/C18H31NS/c1-16(19-13-9-6-10-14-20-4)15-18(2,3)17-11-7-5-8-12-17/h5,7-8,11-12,16,19H,6,9-10,13-15H2,1-4H3. The second kappa shape index (κ2) is 9.46. The lowest BCUT2D eigenvalue weighted by molar-refractivity contribution is 0.386. The van der Waals surface area contributed by atoms with Crippen LogP contribution in [0.25, 0.3) is 0 Å². The van der Waals surface area contributed by atoms with Crippen molar-refractivity contribution in [2.24, 2.45) is 0 Å². The predicted octanol–water partition coefficient (Wildman–Crippen LogP) is 4.87. The SMILES string of the molecule is CSCCCCCNC(C)CC(C)(C)c1ccccc1. The van der Waals surface area contributed by atoms with Crippen LogP contribution in [0.5, 0.6) is 0 Å². The summed E-state index contributed by atoms with van der Waals surface area (Å²) in [4.78, 5) is 0. The molecule has 0 aliphatic carbocycles. The predicted molar refractivity (Wildman–Crippen MR) is 93.8 cm³/mol. The monoisotopic (exact) mass is 293 g/mol. The molecule has 1 aromatic carbocycles. The quantitative estimate of drug-likeness (QED) is 0.618. The van der Waals surface area contributed by atoms with E-state index in [2.05, 4.69) is 62.7 Å². The molecule has 0 amide bonds. The van der Waals surface area contributed by atoms with E-state index in [1.807, 2.05) is 11.8 Å². The van der Waals surface area contributed by atoms with E-state index in [1.54, 1.807) is 0 Å². The summed E-state index contributed by atoms with van der Waals surface area (Å²) in [7, 11) is 0. The number of benzene rings is 1. The van der Waals surface area contributed by atoms with Crippen molar-refractivity contribution in [1.29, 1.82) is 0 Å². The molecule has 1 atom stereocenters. The Hall–Kier alpha value is -0.470. The summed E-state index contributed by atoms with van der Waals surface area (Å²) in [5.41, 5.74) is 1.68. The van der Waals surface area contributed by atoms with Crippen molar-refractivity contribution >= 4 is 11.8 Å². The van der Waals surface area contributed by atoms with E-state index in [-0.39, 0.29) is 5.41 Å².